The molecule has 1 N–H and O–H groups in total. The average molecular weight is 278 g/mol. The summed E-state index contributed by atoms with van der Waals surface area (Å²) in [5.41, 5.74) is 0.651. The van der Waals surface area contributed by atoms with Gasteiger partial charge in [0.15, 0.2) is 6.61 Å². The Hall–Kier alpha value is -1.94. The van der Waals surface area contributed by atoms with Gasteiger partial charge in [0.2, 0.25) is 0 Å². The number of halogens is 2. The summed E-state index contributed by atoms with van der Waals surface area (Å²) >= 11 is 0. The number of ether oxygens (including phenoxy) is 1. The van der Waals surface area contributed by atoms with Crippen LogP contribution < -0.4 is 4.74 Å². The van der Waals surface area contributed by atoms with E-state index in [0.29, 0.717) is 12.2 Å². The SMILES string of the molecule is OCCc1ccccc1OCC(F)(F)c1ccccc1. The summed E-state index contributed by atoms with van der Waals surface area (Å²) in [6.45, 7) is -0.769. The van der Waals surface area contributed by atoms with Crippen molar-refractivity contribution in [3.8, 4) is 5.75 Å². The van der Waals surface area contributed by atoms with E-state index in [1.165, 1.54) is 12.1 Å². The number of rotatable bonds is 6. The van der Waals surface area contributed by atoms with Crippen LogP contribution in [0.5, 0.6) is 5.75 Å². The van der Waals surface area contributed by atoms with E-state index >= 15 is 0 Å². The molecule has 2 nitrogen and oxygen atoms in total. The number of para-hydroxylation sites is 1. The van der Waals surface area contributed by atoms with Gasteiger partial charge in [-0.25, -0.2) is 0 Å². The van der Waals surface area contributed by atoms with Crippen LogP contribution in [0, 0.1) is 0 Å². The molecule has 2 aromatic rings. The fourth-order valence-electron chi connectivity index (χ4n) is 1.91. The summed E-state index contributed by atoms with van der Waals surface area (Å²) in [5, 5.41) is 8.95. The monoisotopic (exact) mass is 278 g/mol. The van der Waals surface area contributed by atoms with Gasteiger partial charge < -0.3 is 9.84 Å². The standard InChI is InChI=1S/C16H16F2O2/c17-16(18,14-7-2-1-3-8-14)12-20-15-9-5-4-6-13(15)10-11-19/h1-9,19H,10-12H2. The number of benzene rings is 2. The van der Waals surface area contributed by atoms with E-state index in [0.717, 1.165) is 5.56 Å². The molecule has 2 aromatic carbocycles. The van der Waals surface area contributed by atoms with Crippen LogP contribution in [0.1, 0.15) is 11.1 Å². The van der Waals surface area contributed by atoms with Gasteiger partial charge >= 0.3 is 5.92 Å². The molecule has 0 fully saturated rings. The van der Waals surface area contributed by atoms with Crippen molar-refractivity contribution in [1.82, 2.24) is 0 Å². The van der Waals surface area contributed by atoms with Crippen LogP contribution in [0.2, 0.25) is 0 Å². The first-order valence-electron chi connectivity index (χ1n) is 6.38. The predicted molar refractivity (Wildman–Crippen MR) is 73.1 cm³/mol. The van der Waals surface area contributed by atoms with Crippen LogP contribution in [0.15, 0.2) is 54.6 Å². The normalized spacial score (nSPS) is 11.3. The first-order chi connectivity index (χ1) is 9.63. The molecular formula is C16H16F2O2. The van der Waals surface area contributed by atoms with Gasteiger partial charge in [0.1, 0.15) is 5.75 Å². The third kappa shape index (κ3) is 3.54. The molecule has 0 heterocycles. The Morgan fingerprint density at radius 1 is 0.950 bits per heavy atom. The highest BCUT2D eigenvalue weighted by Crippen LogP contribution is 2.29. The van der Waals surface area contributed by atoms with E-state index in [9.17, 15) is 8.78 Å². The molecule has 0 aromatic heterocycles. The first kappa shape index (κ1) is 14.5. The van der Waals surface area contributed by atoms with E-state index in [1.54, 1.807) is 42.5 Å². The minimum atomic E-state index is -3.05. The molecule has 0 saturated carbocycles. The van der Waals surface area contributed by atoms with Gasteiger partial charge in [-0.05, 0) is 18.1 Å². The fraction of sp³-hybridized carbons (Fsp3) is 0.250. The molecule has 0 aliphatic rings. The van der Waals surface area contributed by atoms with E-state index in [2.05, 4.69) is 0 Å². The van der Waals surface area contributed by atoms with Crippen molar-refractivity contribution in [3.63, 3.8) is 0 Å². The molecule has 0 unspecified atom stereocenters. The lowest BCUT2D eigenvalue weighted by Gasteiger charge is -2.18. The number of hydrogen-bond donors (Lipinski definition) is 1. The van der Waals surface area contributed by atoms with E-state index < -0.39 is 12.5 Å². The van der Waals surface area contributed by atoms with Crippen LogP contribution >= 0.6 is 0 Å². The maximum Gasteiger partial charge on any atom is 0.306 e. The van der Waals surface area contributed by atoms with Crippen molar-refractivity contribution in [1.29, 1.82) is 0 Å². The van der Waals surface area contributed by atoms with Gasteiger partial charge in [-0.3, -0.25) is 0 Å². The van der Waals surface area contributed by atoms with Crippen molar-refractivity contribution in [2.24, 2.45) is 0 Å². The maximum absolute atomic E-state index is 14.0. The summed E-state index contributed by atoms with van der Waals surface area (Å²) in [5.74, 6) is -2.66. The van der Waals surface area contributed by atoms with Crippen LogP contribution in [-0.2, 0) is 12.3 Å². The quantitative estimate of drug-likeness (QED) is 0.877. The maximum atomic E-state index is 14.0. The average Bonchev–Trinajstić information content (AvgIpc) is 2.48. The number of aliphatic hydroxyl groups excluding tert-OH is 1. The number of hydrogen-bond acceptors (Lipinski definition) is 2. The van der Waals surface area contributed by atoms with Gasteiger partial charge in [-0.15, -0.1) is 0 Å². The highest BCUT2D eigenvalue weighted by molar-refractivity contribution is 5.33. The molecule has 0 saturated heterocycles. The van der Waals surface area contributed by atoms with Crippen molar-refractivity contribution >= 4 is 0 Å². The minimum Gasteiger partial charge on any atom is -0.487 e. The lowest BCUT2D eigenvalue weighted by molar-refractivity contribution is -0.0469. The first-order valence-corrected chi connectivity index (χ1v) is 6.38. The summed E-state index contributed by atoms with van der Waals surface area (Å²) in [4.78, 5) is 0. The molecule has 106 valence electrons. The largest absolute Gasteiger partial charge is 0.487 e. The Kier molecular flexibility index (Phi) is 4.69. The molecular weight excluding hydrogens is 262 g/mol. The van der Waals surface area contributed by atoms with Gasteiger partial charge in [0.25, 0.3) is 0 Å². The molecule has 0 bridgehead atoms. The Morgan fingerprint density at radius 2 is 1.60 bits per heavy atom. The van der Waals surface area contributed by atoms with E-state index in [1.807, 2.05) is 0 Å². The molecule has 2 rings (SSSR count). The van der Waals surface area contributed by atoms with Crippen molar-refractivity contribution in [2.45, 2.75) is 12.3 Å². The molecule has 0 spiro atoms. The Morgan fingerprint density at radius 3 is 2.30 bits per heavy atom. The summed E-state index contributed by atoms with van der Waals surface area (Å²) in [7, 11) is 0. The van der Waals surface area contributed by atoms with Crippen molar-refractivity contribution < 1.29 is 18.6 Å². The van der Waals surface area contributed by atoms with Crippen LogP contribution in [0.25, 0.3) is 0 Å². The zero-order valence-electron chi connectivity index (χ0n) is 10.9. The third-order valence-electron chi connectivity index (χ3n) is 2.96. The second-order valence-electron chi connectivity index (χ2n) is 4.44. The third-order valence-corrected chi connectivity index (χ3v) is 2.96. The molecule has 0 aliphatic heterocycles. The van der Waals surface area contributed by atoms with Crippen LogP contribution in [0.3, 0.4) is 0 Å². The predicted octanol–water partition coefficient (Wildman–Crippen LogP) is 3.39. The molecule has 0 atom stereocenters. The Labute approximate surface area is 116 Å². The fourth-order valence-corrected chi connectivity index (χ4v) is 1.91. The van der Waals surface area contributed by atoms with Crippen LogP contribution in [-0.4, -0.2) is 18.3 Å². The highest BCUT2D eigenvalue weighted by Gasteiger charge is 2.32. The van der Waals surface area contributed by atoms with Gasteiger partial charge in [0, 0.05) is 12.2 Å². The second kappa shape index (κ2) is 6.48. The minimum absolute atomic E-state index is 0.0462. The summed E-state index contributed by atoms with van der Waals surface area (Å²) in [6.07, 6.45) is 0.382. The zero-order chi connectivity index (χ0) is 14.4. The molecule has 4 heteroatoms. The van der Waals surface area contributed by atoms with Gasteiger partial charge in [-0.1, -0.05) is 48.5 Å². The van der Waals surface area contributed by atoms with E-state index in [-0.39, 0.29) is 12.2 Å². The van der Waals surface area contributed by atoms with Crippen LogP contribution in [0.4, 0.5) is 8.78 Å². The van der Waals surface area contributed by atoms with Crippen molar-refractivity contribution in [2.75, 3.05) is 13.2 Å². The number of alkyl halides is 2. The molecule has 0 amide bonds. The van der Waals surface area contributed by atoms with E-state index in [4.69, 9.17) is 9.84 Å². The lowest BCUT2D eigenvalue weighted by atomic mass is 10.1. The highest BCUT2D eigenvalue weighted by atomic mass is 19.3. The second-order valence-corrected chi connectivity index (χ2v) is 4.44. The zero-order valence-corrected chi connectivity index (χ0v) is 10.9. The molecule has 0 radical (unpaired) electrons. The summed E-state index contributed by atoms with van der Waals surface area (Å²) in [6, 6.07) is 14.5. The summed E-state index contributed by atoms with van der Waals surface area (Å²) < 4.78 is 33.2. The molecule has 20 heavy (non-hydrogen) atoms. The number of aliphatic hydroxyl groups is 1. The van der Waals surface area contributed by atoms with Crippen molar-refractivity contribution in [3.05, 3.63) is 65.7 Å². The smallest absolute Gasteiger partial charge is 0.306 e. The molecule has 0 aliphatic carbocycles. The topological polar surface area (TPSA) is 29.5 Å². The Bertz CT molecular complexity index is 541. The van der Waals surface area contributed by atoms with Gasteiger partial charge in [-0.2, -0.15) is 8.78 Å². The lowest BCUT2D eigenvalue weighted by Crippen LogP contribution is -2.23. The Balaban J connectivity index is 2.08. The van der Waals surface area contributed by atoms with Gasteiger partial charge in [0.05, 0.1) is 0 Å².